The van der Waals surface area contributed by atoms with E-state index >= 15 is 0 Å². The summed E-state index contributed by atoms with van der Waals surface area (Å²) in [5.41, 5.74) is 1.62. The number of benzene rings is 1. The molecular formula is C18H21NO2. The molecular weight excluding hydrogens is 262 g/mol. The second kappa shape index (κ2) is 6.53. The van der Waals surface area contributed by atoms with Crippen molar-refractivity contribution >= 4 is 12.2 Å². The Labute approximate surface area is 126 Å². The van der Waals surface area contributed by atoms with Crippen LogP contribution in [0, 0.1) is 11.3 Å². The van der Waals surface area contributed by atoms with E-state index in [0.29, 0.717) is 6.61 Å². The van der Waals surface area contributed by atoms with Crippen molar-refractivity contribution in [2.45, 2.75) is 27.4 Å². The number of carbonyl (C=O) groups excluding carboxylic acids is 1. The van der Waals surface area contributed by atoms with Crippen LogP contribution in [-0.2, 0) is 16.1 Å². The fourth-order valence-electron chi connectivity index (χ4n) is 1.95. The summed E-state index contributed by atoms with van der Waals surface area (Å²) in [6.07, 6.45) is 7.75. The molecule has 0 spiro atoms. The summed E-state index contributed by atoms with van der Waals surface area (Å²) in [7, 11) is 0. The summed E-state index contributed by atoms with van der Waals surface area (Å²) < 4.78 is 5.36. The Morgan fingerprint density at radius 2 is 2.00 bits per heavy atom. The number of nitrogens with zero attached hydrogens (tertiary/aromatic N) is 1. The molecule has 1 aliphatic heterocycles. The molecule has 0 N–H and O–H groups in total. The first-order valence-corrected chi connectivity index (χ1v) is 7.13. The molecule has 1 aromatic rings. The van der Waals surface area contributed by atoms with Crippen LogP contribution in [-0.4, -0.2) is 12.2 Å². The molecule has 3 heteroatoms. The number of esters is 1. The molecule has 21 heavy (non-hydrogen) atoms. The molecule has 0 amide bonds. The lowest BCUT2D eigenvalue weighted by atomic mass is 9.95. The summed E-state index contributed by atoms with van der Waals surface area (Å²) in [5.74, 6) is -0.626. The molecule has 1 aliphatic rings. The second-order valence-electron chi connectivity index (χ2n) is 5.85. The van der Waals surface area contributed by atoms with Gasteiger partial charge in [0, 0.05) is 11.6 Å². The van der Waals surface area contributed by atoms with E-state index in [4.69, 9.17) is 4.74 Å². The van der Waals surface area contributed by atoms with E-state index in [1.807, 2.05) is 55.6 Å². The summed E-state index contributed by atoms with van der Waals surface area (Å²) in [6.45, 7) is 6.26. The van der Waals surface area contributed by atoms with Gasteiger partial charge >= 0.3 is 5.97 Å². The molecule has 0 saturated carbocycles. The zero-order valence-electron chi connectivity index (χ0n) is 12.7. The molecule has 1 unspecified atom stereocenters. The number of allylic oxidation sites excluding steroid dienone is 3. The second-order valence-corrected chi connectivity index (χ2v) is 5.85. The molecule has 0 fully saturated rings. The third-order valence-electron chi connectivity index (χ3n) is 3.36. The van der Waals surface area contributed by atoms with Crippen LogP contribution in [0.25, 0.3) is 0 Å². The first-order valence-electron chi connectivity index (χ1n) is 7.13. The van der Waals surface area contributed by atoms with Gasteiger partial charge in [-0.05, 0) is 18.6 Å². The number of ether oxygens (including phenoxy) is 1. The largest absolute Gasteiger partial charge is 0.460 e. The molecule has 1 heterocycles. The van der Waals surface area contributed by atoms with Crippen LogP contribution in [0.3, 0.4) is 0 Å². The number of hydrogen-bond acceptors (Lipinski definition) is 3. The maximum atomic E-state index is 12.1. The van der Waals surface area contributed by atoms with Gasteiger partial charge in [-0.3, -0.25) is 9.79 Å². The number of carbonyl (C=O) groups is 1. The maximum absolute atomic E-state index is 12.1. The van der Waals surface area contributed by atoms with E-state index in [1.54, 1.807) is 0 Å². The quantitative estimate of drug-likeness (QED) is 0.786. The van der Waals surface area contributed by atoms with Gasteiger partial charge in [-0.15, -0.1) is 0 Å². The monoisotopic (exact) mass is 283 g/mol. The fourth-order valence-corrected chi connectivity index (χ4v) is 1.95. The van der Waals surface area contributed by atoms with E-state index in [1.165, 1.54) is 0 Å². The van der Waals surface area contributed by atoms with Gasteiger partial charge < -0.3 is 4.74 Å². The first kappa shape index (κ1) is 15.2. The summed E-state index contributed by atoms with van der Waals surface area (Å²) >= 11 is 0. The van der Waals surface area contributed by atoms with E-state index in [0.717, 1.165) is 11.3 Å². The van der Waals surface area contributed by atoms with Crippen molar-refractivity contribution in [3.63, 3.8) is 0 Å². The number of hydrogen-bond donors (Lipinski definition) is 0. The molecule has 110 valence electrons. The highest BCUT2D eigenvalue weighted by atomic mass is 16.5. The Kier molecular flexibility index (Phi) is 4.73. The van der Waals surface area contributed by atoms with E-state index in [9.17, 15) is 4.79 Å². The van der Waals surface area contributed by atoms with Crippen LogP contribution in [0.5, 0.6) is 0 Å². The highest BCUT2D eigenvalue weighted by Crippen LogP contribution is 2.22. The lowest BCUT2D eigenvalue weighted by molar-refractivity contribution is -0.147. The Morgan fingerprint density at radius 1 is 1.29 bits per heavy atom. The average Bonchev–Trinajstić information content (AvgIpc) is 2.66. The van der Waals surface area contributed by atoms with E-state index in [-0.39, 0.29) is 17.3 Å². The molecule has 0 bridgehead atoms. The van der Waals surface area contributed by atoms with Gasteiger partial charge in [0.2, 0.25) is 0 Å². The smallest absolute Gasteiger partial charge is 0.315 e. The SMILES string of the molecule is CC(C(=O)OCc1ccccc1)C1=CC=CC(C)(C)C=N1. The van der Waals surface area contributed by atoms with Gasteiger partial charge in [-0.2, -0.15) is 0 Å². The van der Waals surface area contributed by atoms with Crippen LogP contribution in [0.2, 0.25) is 0 Å². The van der Waals surface area contributed by atoms with Gasteiger partial charge in [0.15, 0.2) is 0 Å². The summed E-state index contributed by atoms with van der Waals surface area (Å²) in [6, 6.07) is 9.67. The molecule has 0 radical (unpaired) electrons. The van der Waals surface area contributed by atoms with E-state index in [2.05, 4.69) is 24.9 Å². The van der Waals surface area contributed by atoms with Crippen molar-refractivity contribution in [2.75, 3.05) is 0 Å². The van der Waals surface area contributed by atoms with E-state index < -0.39 is 0 Å². The predicted octanol–water partition coefficient (Wildman–Crippen LogP) is 3.92. The minimum Gasteiger partial charge on any atom is -0.460 e. The van der Waals surface area contributed by atoms with Crippen LogP contribution in [0.1, 0.15) is 26.3 Å². The van der Waals surface area contributed by atoms with Crippen LogP contribution >= 0.6 is 0 Å². The van der Waals surface area contributed by atoms with Gasteiger partial charge in [-0.25, -0.2) is 0 Å². The zero-order valence-corrected chi connectivity index (χ0v) is 12.7. The van der Waals surface area contributed by atoms with Gasteiger partial charge in [0.25, 0.3) is 0 Å². The van der Waals surface area contributed by atoms with Gasteiger partial charge in [0.1, 0.15) is 6.61 Å². The molecule has 0 aliphatic carbocycles. The van der Waals surface area contributed by atoms with Crippen molar-refractivity contribution in [1.82, 2.24) is 0 Å². The highest BCUT2D eigenvalue weighted by molar-refractivity contribution is 5.77. The molecule has 2 rings (SSSR count). The Hall–Kier alpha value is -2.16. The Morgan fingerprint density at radius 3 is 2.71 bits per heavy atom. The Balaban J connectivity index is 1.97. The standard InChI is InChI=1S/C18H21NO2/c1-14(16-10-7-11-18(2,3)13-19-16)17(20)21-12-15-8-5-4-6-9-15/h4-11,13-14H,12H2,1-3H3. The fraction of sp³-hybridized carbons (Fsp3) is 0.333. The van der Waals surface area contributed by atoms with Crippen molar-refractivity contribution in [1.29, 1.82) is 0 Å². The third-order valence-corrected chi connectivity index (χ3v) is 3.36. The van der Waals surface area contributed by atoms with Gasteiger partial charge in [0.05, 0.1) is 11.6 Å². The third kappa shape index (κ3) is 4.42. The molecule has 1 atom stereocenters. The molecule has 3 nitrogen and oxygen atoms in total. The topological polar surface area (TPSA) is 38.7 Å². The molecule has 1 aromatic carbocycles. The normalized spacial score (nSPS) is 17.8. The summed E-state index contributed by atoms with van der Waals surface area (Å²) in [5, 5.41) is 0. The van der Waals surface area contributed by atoms with Gasteiger partial charge in [-0.1, -0.05) is 56.3 Å². The molecule has 0 aromatic heterocycles. The minimum atomic E-state index is -0.372. The van der Waals surface area contributed by atoms with Crippen LogP contribution in [0.4, 0.5) is 0 Å². The predicted molar refractivity (Wildman–Crippen MR) is 84.9 cm³/mol. The minimum absolute atomic E-state index is 0.0914. The maximum Gasteiger partial charge on any atom is 0.315 e. The van der Waals surface area contributed by atoms with Crippen LogP contribution < -0.4 is 0 Å². The zero-order chi connectivity index (χ0) is 15.3. The first-order chi connectivity index (χ1) is 9.98. The Bertz CT molecular complexity index is 582. The number of aliphatic imine (C=N–C) groups is 1. The summed E-state index contributed by atoms with van der Waals surface area (Å²) in [4.78, 5) is 16.6. The average molecular weight is 283 g/mol. The lowest BCUT2D eigenvalue weighted by Gasteiger charge is -2.13. The van der Waals surface area contributed by atoms with Crippen molar-refractivity contribution in [2.24, 2.45) is 16.3 Å². The highest BCUT2D eigenvalue weighted by Gasteiger charge is 2.21. The lowest BCUT2D eigenvalue weighted by Crippen LogP contribution is -2.16. The van der Waals surface area contributed by atoms with Crippen LogP contribution in [0.15, 0.2) is 59.2 Å². The van der Waals surface area contributed by atoms with Crippen molar-refractivity contribution < 1.29 is 9.53 Å². The molecule has 0 saturated heterocycles. The number of rotatable bonds is 4. The van der Waals surface area contributed by atoms with Crippen molar-refractivity contribution in [3.8, 4) is 0 Å². The van der Waals surface area contributed by atoms with Crippen molar-refractivity contribution in [3.05, 3.63) is 59.8 Å².